The fourth-order valence-corrected chi connectivity index (χ4v) is 2.22. The number of ether oxygens (including phenoxy) is 3. The van der Waals surface area contributed by atoms with Crippen molar-refractivity contribution < 1.29 is 23.8 Å². The third-order valence-electron chi connectivity index (χ3n) is 3.48. The van der Waals surface area contributed by atoms with E-state index in [2.05, 4.69) is 5.32 Å². The fourth-order valence-electron chi connectivity index (χ4n) is 2.22. The summed E-state index contributed by atoms with van der Waals surface area (Å²) < 4.78 is 15.9. The predicted molar refractivity (Wildman–Crippen MR) is 98.5 cm³/mol. The van der Waals surface area contributed by atoms with Gasteiger partial charge >= 0.3 is 5.97 Å². The van der Waals surface area contributed by atoms with E-state index in [1.54, 1.807) is 18.2 Å². The number of carbonyl (C=O) groups excluding carboxylic acids is 2. The number of aryl methyl sites for hydroxylation is 1. The minimum Gasteiger partial charge on any atom is -0.493 e. The van der Waals surface area contributed by atoms with Crippen LogP contribution in [0, 0.1) is 6.92 Å². The standard InChI is InChI=1S/C20H23NO5/c1-3-24-18-11-7-5-9-16(18)21-19(22)14-26-20(23)12-13-25-17-10-6-4-8-15(17)2/h4-11H,3,12-14H2,1-2H3,(H,21,22). The van der Waals surface area contributed by atoms with Crippen molar-refractivity contribution in [2.24, 2.45) is 0 Å². The summed E-state index contributed by atoms with van der Waals surface area (Å²) in [6.45, 7) is 4.11. The Morgan fingerprint density at radius 1 is 0.962 bits per heavy atom. The second kappa shape index (κ2) is 10.1. The first-order chi connectivity index (χ1) is 12.6. The van der Waals surface area contributed by atoms with Gasteiger partial charge in [0.15, 0.2) is 6.61 Å². The van der Waals surface area contributed by atoms with Gasteiger partial charge in [0, 0.05) is 0 Å². The van der Waals surface area contributed by atoms with E-state index < -0.39 is 11.9 Å². The van der Waals surface area contributed by atoms with Crippen molar-refractivity contribution in [2.75, 3.05) is 25.1 Å². The summed E-state index contributed by atoms with van der Waals surface area (Å²) in [5.74, 6) is 0.379. The summed E-state index contributed by atoms with van der Waals surface area (Å²) in [5.41, 5.74) is 1.53. The maximum absolute atomic E-state index is 11.9. The number of carbonyl (C=O) groups is 2. The lowest BCUT2D eigenvalue weighted by Crippen LogP contribution is -2.22. The molecule has 0 aliphatic carbocycles. The maximum atomic E-state index is 11.9. The van der Waals surface area contributed by atoms with Gasteiger partial charge < -0.3 is 19.5 Å². The Labute approximate surface area is 153 Å². The number of hydrogen-bond acceptors (Lipinski definition) is 5. The van der Waals surface area contributed by atoms with Gasteiger partial charge in [-0.25, -0.2) is 0 Å². The second-order valence-corrected chi connectivity index (χ2v) is 5.50. The third kappa shape index (κ3) is 6.12. The average molecular weight is 357 g/mol. The molecule has 0 aliphatic heterocycles. The van der Waals surface area contributed by atoms with Gasteiger partial charge in [-0.1, -0.05) is 30.3 Å². The summed E-state index contributed by atoms with van der Waals surface area (Å²) >= 11 is 0. The van der Waals surface area contributed by atoms with Crippen molar-refractivity contribution in [1.29, 1.82) is 0 Å². The number of nitrogens with one attached hydrogen (secondary N) is 1. The smallest absolute Gasteiger partial charge is 0.309 e. The Balaban J connectivity index is 1.72. The largest absolute Gasteiger partial charge is 0.493 e. The summed E-state index contributed by atoms with van der Waals surface area (Å²) in [7, 11) is 0. The topological polar surface area (TPSA) is 73.9 Å². The highest BCUT2D eigenvalue weighted by molar-refractivity contribution is 5.94. The monoisotopic (exact) mass is 357 g/mol. The minimum absolute atomic E-state index is 0.0666. The van der Waals surface area contributed by atoms with E-state index in [4.69, 9.17) is 14.2 Å². The number of hydrogen-bond donors (Lipinski definition) is 1. The first-order valence-corrected chi connectivity index (χ1v) is 8.46. The van der Waals surface area contributed by atoms with Gasteiger partial charge in [0.2, 0.25) is 0 Å². The van der Waals surface area contributed by atoms with E-state index in [0.29, 0.717) is 18.0 Å². The third-order valence-corrected chi connectivity index (χ3v) is 3.48. The molecule has 0 aromatic heterocycles. The van der Waals surface area contributed by atoms with E-state index in [-0.39, 0.29) is 19.6 Å². The normalized spacial score (nSPS) is 10.1. The quantitative estimate of drug-likeness (QED) is 0.697. The van der Waals surface area contributed by atoms with Gasteiger partial charge in [-0.3, -0.25) is 9.59 Å². The van der Waals surface area contributed by atoms with Crippen LogP contribution >= 0.6 is 0 Å². The van der Waals surface area contributed by atoms with Gasteiger partial charge in [0.25, 0.3) is 5.91 Å². The van der Waals surface area contributed by atoms with Crippen LogP contribution in [0.1, 0.15) is 18.9 Å². The molecule has 6 nitrogen and oxygen atoms in total. The molecule has 0 saturated carbocycles. The molecule has 0 radical (unpaired) electrons. The highest BCUT2D eigenvalue weighted by atomic mass is 16.5. The lowest BCUT2D eigenvalue weighted by molar-refractivity contribution is -0.147. The minimum atomic E-state index is -0.494. The molecule has 0 aliphatic rings. The summed E-state index contributed by atoms with van der Waals surface area (Å²) in [4.78, 5) is 23.7. The molecule has 26 heavy (non-hydrogen) atoms. The van der Waals surface area contributed by atoms with Crippen molar-refractivity contribution in [3.63, 3.8) is 0 Å². The highest BCUT2D eigenvalue weighted by Crippen LogP contribution is 2.23. The number of rotatable bonds is 9. The molecule has 6 heteroatoms. The fraction of sp³-hybridized carbons (Fsp3) is 0.300. The molecular formula is C20H23NO5. The van der Waals surface area contributed by atoms with Crippen molar-refractivity contribution in [1.82, 2.24) is 0 Å². The molecule has 0 atom stereocenters. The van der Waals surface area contributed by atoms with Crippen LogP contribution in [0.5, 0.6) is 11.5 Å². The molecule has 0 fully saturated rings. The zero-order valence-corrected chi connectivity index (χ0v) is 15.0. The Morgan fingerprint density at radius 3 is 2.38 bits per heavy atom. The van der Waals surface area contributed by atoms with E-state index in [0.717, 1.165) is 11.3 Å². The molecule has 2 aromatic carbocycles. The molecule has 0 spiro atoms. The molecule has 1 N–H and O–H groups in total. The lowest BCUT2D eigenvalue weighted by atomic mass is 10.2. The van der Waals surface area contributed by atoms with Gasteiger partial charge in [-0.15, -0.1) is 0 Å². The Morgan fingerprint density at radius 2 is 1.65 bits per heavy atom. The van der Waals surface area contributed by atoms with E-state index in [1.807, 2.05) is 44.2 Å². The average Bonchev–Trinajstić information content (AvgIpc) is 2.63. The zero-order valence-electron chi connectivity index (χ0n) is 15.0. The van der Waals surface area contributed by atoms with E-state index >= 15 is 0 Å². The van der Waals surface area contributed by atoms with Gasteiger partial charge in [0.1, 0.15) is 11.5 Å². The SMILES string of the molecule is CCOc1ccccc1NC(=O)COC(=O)CCOc1ccccc1C. The molecule has 1 amide bonds. The molecule has 0 saturated heterocycles. The summed E-state index contributed by atoms with van der Waals surface area (Å²) in [6, 6.07) is 14.6. The number of para-hydroxylation sites is 3. The summed E-state index contributed by atoms with van der Waals surface area (Å²) in [6.07, 6.45) is 0.0666. The molecule has 2 aromatic rings. The second-order valence-electron chi connectivity index (χ2n) is 5.50. The predicted octanol–water partition coefficient (Wildman–Crippen LogP) is 3.34. The van der Waals surface area contributed by atoms with Crippen LogP contribution in [0.4, 0.5) is 5.69 Å². The molecule has 0 unspecified atom stereocenters. The Kier molecular flexibility index (Phi) is 7.49. The van der Waals surface area contributed by atoms with Crippen molar-refractivity contribution in [3.8, 4) is 11.5 Å². The van der Waals surface area contributed by atoms with Crippen LogP contribution in [0.2, 0.25) is 0 Å². The van der Waals surface area contributed by atoms with Gasteiger partial charge in [0.05, 0.1) is 25.3 Å². The van der Waals surface area contributed by atoms with Crippen LogP contribution in [-0.2, 0) is 14.3 Å². The lowest BCUT2D eigenvalue weighted by Gasteiger charge is -2.11. The van der Waals surface area contributed by atoms with E-state index in [1.165, 1.54) is 0 Å². The number of anilines is 1. The first-order valence-electron chi connectivity index (χ1n) is 8.46. The van der Waals surface area contributed by atoms with Crippen LogP contribution in [0.25, 0.3) is 0 Å². The number of benzene rings is 2. The molecule has 0 bridgehead atoms. The van der Waals surface area contributed by atoms with Crippen LogP contribution in [0.15, 0.2) is 48.5 Å². The van der Waals surface area contributed by atoms with Gasteiger partial charge in [-0.05, 0) is 37.6 Å². The highest BCUT2D eigenvalue weighted by Gasteiger charge is 2.11. The van der Waals surface area contributed by atoms with Crippen LogP contribution in [-0.4, -0.2) is 31.7 Å². The number of amides is 1. The molecule has 2 rings (SSSR count). The summed E-state index contributed by atoms with van der Waals surface area (Å²) in [5, 5.41) is 2.67. The molecular weight excluding hydrogens is 334 g/mol. The maximum Gasteiger partial charge on any atom is 0.309 e. The van der Waals surface area contributed by atoms with E-state index in [9.17, 15) is 9.59 Å². The van der Waals surface area contributed by atoms with Crippen molar-refractivity contribution >= 4 is 17.6 Å². The zero-order chi connectivity index (χ0) is 18.8. The Hall–Kier alpha value is -3.02. The molecule has 0 heterocycles. The van der Waals surface area contributed by atoms with Crippen LogP contribution < -0.4 is 14.8 Å². The van der Waals surface area contributed by atoms with Crippen LogP contribution in [0.3, 0.4) is 0 Å². The first kappa shape index (κ1) is 19.3. The Bertz CT molecular complexity index is 744. The molecule has 138 valence electrons. The van der Waals surface area contributed by atoms with Crippen molar-refractivity contribution in [2.45, 2.75) is 20.3 Å². The number of esters is 1. The van der Waals surface area contributed by atoms with Gasteiger partial charge in [-0.2, -0.15) is 0 Å². The van der Waals surface area contributed by atoms with Crippen molar-refractivity contribution in [3.05, 3.63) is 54.1 Å².